The number of carbonyl (C=O) groups is 1. The maximum absolute atomic E-state index is 11.3. The van der Waals surface area contributed by atoms with Crippen LogP contribution in [-0.2, 0) is 17.6 Å². The zero-order chi connectivity index (χ0) is 11.4. The molecule has 1 atom stereocenters. The predicted molar refractivity (Wildman–Crippen MR) is 59.6 cm³/mol. The van der Waals surface area contributed by atoms with Gasteiger partial charge in [0.2, 0.25) is 0 Å². The summed E-state index contributed by atoms with van der Waals surface area (Å²) in [4.78, 5) is 11.3. The molecule has 0 aliphatic heterocycles. The van der Waals surface area contributed by atoms with E-state index in [4.69, 9.17) is 16.3 Å². The quantitative estimate of drug-likeness (QED) is 0.785. The zero-order valence-electron chi connectivity index (χ0n) is 8.83. The molecule has 1 aromatic rings. The number of halogens is 1. The summed E-state index contributed by atoms with van der Waals surface area (Å²) in [5.74, 6) is 0.322. The van der Waals surface area contributed by atoms with Gasteiger partial charge in [0, 0.05) is 18.2 Å². The number of alkyl halides is 1. The van der Waals surface area contributed by atoms with Crippen molar-refractivity contribution in [1.82, 2.24) is 15.5 Å². The number of ether oxygens (including phenoxy) is 1. The Balaban J connectivity index is 1.82. The van der Waals surface area contributed by atoms with Gasteiger partial charge >= 0.3 is 6.09 Å². The molecule has 6 heteroatoms. The normalized spacial score (nSPS) is 18.9. The number of hydrogen-bond donors (Lipinski definition) is 2. The molecule has 1 amide bonds. The van der Waals surface area contributed by atoms with Gasteiger partial charge in [-0.1, -0.05) is 0 Å². The lowest BCUT2D eigenvalue weighted by Gasteiger charge is -2.22. The molecule has 1 aliphatic carbocycles. The number of hydrogen-bond acceptors (Lipinski definition) is 3. The molecular weight excluding hydrogens is 230 g/mol. The third-order valence-corrected chi connectivity index (χ3v) is 2.81. The van der Waals surface area contributed by atoms with Gasteiger partial charge in [-0.3, -0.25) is 5.10 Å². The molecule has 1 heterocycles. The van der Waals surface area contributed by atoms with Crippen LogP contribution in [0.2, 0.25) is 0 Å². The first kappa shape index (κ1) is 11.3. The number of rotatable bonds is 3. The average Bonchev–Trinajstić information content (AvgIpc) is 2.73. The van der Waals surface area contributed by atoms with Crippen molar-refractivity contribution in [3.63, 3.8) is 0 Å². The number of aryl methyl sites for hydroxylation is 1. The number of H-pyrrole nitrogens is 1. The Bertz CT molecular complexity index is 367. The number of fused-ring (bicyclic) bond motifs is 1. The number of alkyl carbamates (subject to hydrolysis) is 1. The van der Waals surface area contributed by atoms with Crippen LogP contribution < -0.4 is 5.32 Å². The lowest BCUT2D eigenvalue weighted by atomic mass is 9.94. The van der Waals surface area contributed by atoms with Crippen molar-refractivity contribution < 1.29 is 9.53 Å². The Morgan fingerprint density at radius 3 is 3.44 bits per heavy atom. The lowest BCUT2D eigenvalue weighted by molar-refractivity contribution is 0.147. The van der Waals surface area contributed by atoms with E-state index in [9.17, 15) is 4.79 Å². The second-order valence-corrected chi connectivity index (χ2v) is 4.16. The topological polar surface area (TPSA) is 67.0 Å². The van der Waals surface area contributed by atoms with E-state index in [0.29, 0.717) is 5.88 Å². The summed E-state index contributed by atoms with van der Waals surface area (Å²) in [6.45, 7) is 0.245. The van der Waals surface area contributed by atoms with Crippen molar-refractivity contribution in [1.29, 1.82) is 0 Å². The highest BCUT2D eigenvalue weighted by Gasteiger charge is 2.21. The predicted octanol–water partition coefficient (Wildman–Crippen LogP) is 1.23. The van der Waals surface area contributed by atoms with Crippen molar-refractivity contribution in [3.05, 3.63) is 17.5 Å². The minimum absolute atomic E-state index is 0.121. The van der Waals surface area contributed by atoms with E-state index in [0.717, 1.165) is 25.0 Å². The first-order valence-electron chi connectivity index (χ1n) is 5.30. The van der Waals surface area contributed by atoms with Gasteiger partial charge in [-0.15, -0.1) is 11.6 Å². The summed E-state index contributed by atoms with van der Waals surface area (Å²) in [6.07, 6.45) is 4.09. The van der Waals surface area contributed by atoms with Gasteiger partial charge in [0.15, 0.2) is 0 Å². The van der Waals surface area contributed by atoms with E-state index in [1.54, 1.807) is 0 Å². The second-order valence-electron chi connectivity index (χ2n) is 3.78. The Morgan fingerprint density at radius 1 is 1.75 bits per heavy atom. The monoisotopic (exact) mass is 243 g/mol. The second kappa shape index (κ2) is 5.21. The molecule has 0 spiro atoms. The van der Waals surface area contributed by atoms with Crippen molar-refractivity contribution in [2.75, 3.05) is 12.5 Å². The zero-order valence-corrected chi connectivity index (χ0v) is 9.59. The lowest BCUT2D eigenvalue weighted by Crippen LogP contribution is -2.39. The summed E-state index contributed by atoms with van der Waals surface area (Å²) in [5.41, 5.74) is 2.35. The number of aromatic amines is 1. The molecule has 0 fully saturated rings. The van der Waals surface area contributed by atoms with Crippen LogP contribution in [0.1, 0.15) is 17.7 Å². The first-order chi connectivity index (χ1) is 7.79. The van der Waals surface area contributed by atoms with Crippen LogP contribution in [0.3, 0.4) is 0 Å². The van der Waals surface area contributed by atoms with E-state index in [1.807, 2.05) is 6.20 Å². The minimum Gasteiger partial charge on any atom is -0.448 e. The van der Waals surface area contributed by atoms with Gasteiger partial charge in [-0.05, 0) is 18.4 Å². The van der Waals surface area contributed by atoms with Gasteiger partial charge in [0.1, 0.15) is 6.61 Å². The molecule has 0 radical (unpaired) electrons. The first-order valence-corrected chi connectivity index (χ1v) is 5.83. The Hall–Kier alpha value is -1.23. The fourth-order valence-corrected chi connectivity index (χ4v) is 1.95. The highest BCUT2D eigenvalue weighted by atomic mass is 35.5. The van der Waals surface area contributed by atoms with Gasteiger partial charge in [-0.2, -0.15) is 5.10 Å². The number of nitrogens with one attached hydrogen (secondary N) is 2. The molecule has 2 N–H and O–H groups in total. The Morgan fingerprint density at radius 2 is 2.62 bits per heavy atom. The van der Waals surface area contributed by atoms with Crippen molar-refractivity contribution in [3.8, 4) is 0 Å². The standard InChI is InChI=1S/C10H14ClN3O2/c11-3-4-16-10(15)13-8-2-1-7-6-12-14-9(7)5-8/h6,8H,1-5H2,(H,12,14)(H,13,15). The SMILES string of the molecule is O=C(NC1CCc2cn[nH]c2C1)OCCCl. The number of amides is 1. The highest BCUT2D eigenvalue weighted by molar-refractivity contribution is 6.18. The van der Waals surface area contributed by atoms with E-state index in [-0.39, 0.29) is 12.6 Å². The number of carbonyl (C=O) groups excluding carboxylic acids is 1. The smallest absolute Gasteiger partial charge is 0.407 e. The fourth-order valence-electron chi connectivity index (χ4n) is 1.87. The molecule has 88 valence electrons. The fraction of sp³-hybridized carbons (Fsp3) is 0.600. The van der Waals surface area contributed by atoms with Crippen LogP contribution >= 0.6 is 11.6 Å². The molecular formula is C10H14ClN3O2. The van der Waals surface area contributed by atoms with E-state index < -0.39 is 6.09 Å². The highest BCUT2D eigenvalue weighted by Crippen LogP contribution is 2.18. The van der Waals surface area contributed by atoms with E-state index in [2.05, 4.69) is 15.5 Å². The van der Waals surface area contributed by atoms with Crippen molar-refractivity contribution in [2.24, 2.45) is 0 Å². The molecule has 1 aliphatic rings. The van der Waals surface area contributed by atoms with E-state index in [1.165, 1.54) is 5.56 Å². The van der Waals surface area contributed by atoms with Crippen LogP contribution in [0, 0.1) is 0 Å². The summed E-state index contributed by atoms with van der Waals surface area (Å²) in [6, 6.07) is 0.121. The van der Waals surface area contributed by atoms with Gasteiger partial charge in [0.25, 0.3) is 0 Å². The summed E-state index contributed by atoms with van der Waals surface area (Å²) in [7, 11) is 0. The van der Waals surface area contributed by atoms with Gasteiger partial charge in [0.05, 0.1) is 12.1 Å². The molecule has 2 rings (SSSR count). The minimum atomic E-state index is -0.395. The largest absolute Gasteiger partial charge is 0.448 e. The van der Waals surface area contributed by atoms with Crippen molar-refractivity contribution in [2.45, 2.75) is 25.3 Å². The molecule has 0 aromatic carbocycles. The maximum Gasteiger partial charge on any atom is 0.407 e. The molecule has 16 heavy (non-hydrogen) atoms. The van der Waals surface area contributed by atoms with Gasteiger partial charge < -0.3 is 10.1 Å². The molecule has 1 unspecified atom stereocenters. The maximum atomic E-state index is 11.3. The molecule has 1 aromatic heterocycles. The summed E-state index contributed by atoms with van der Waals surface area (Å²) in [5, 5.41) is 9.74. The molecule has 5 nitrogen and oxygen atoms in total. The van der Waals surface area contributed by atoms with Crippen LogP contribution in [0.4, 0.5) is 4.79 Å². The van der Waals surface area contributed by atoms with E-state index >= 15 is 0 Å². The third kappa shape index (κ3) is 2.66. The number of nitrogens with zero attached hydrogens (tertiary/aromatic N) is 1. The Kier molecular flexibility index (Phi) is 3.66. The summed E-state index contributed by atoms with van der Waals surface area (Å²) >= 11 is 5.42. The Labute approximate surface area is 98.5 Å². The average molecular weight is 244 g/mol. The van der Waals surface area contributed by atoms with Gasteiger partial charge in [-0.25, -0.2) is 4.79 Å². The van der Waals surface area contributed by atoms with Crippen LogP contribution in [0.15, 0.2) is 6.20 Å². The molecule has 0 saturated heterocycles. The van der Waals surface area contributed by atoms with Crippen molar-refractivity contribution >= 4 is 17.7 Å². The number of aromatic nitrogens is 2. The van der Waals surface area contributed by atoms with Crippen LogP contribution in [-0.4, -0.2) is 34.8 Å². The molecule has 0 bridgehead atoms. The summed E-state index contributed by atoms with van der Waals surface area (Å²) < 4.78 is 4.86. The van der Waals surface area contributed by atoms with Crippen LogP contribution in [0.5, 0.6) is 0 Å². The molecule has 0 saturated carbocycles. The third-order valence-electron chi connectivity index (χ3n) is 2.65. The van der Waals surface area contributed by atoms with Crippen LogP contribution in [0.25, 0.3) is 0 Å².